The summed E-state index contributed by atoms with van der Waals surface area (Å²) in [6.07, 6.45) is 0. The lowest BCUT2D eigenvalue weighted by atomic mass is 10.1. The number of nitrogens with one attached hydrogen (secondary N) is 1. The van der Waals surface area contributed by atoms with Crippen LogP contribution in [-0.2, 0) is 31.0 Å². The topological polar surface area (TPSA) is 50.2 Å². The highest BCUT2D eigenvalue weighted by Gasteiger charge is 2.20. The van der Waals surface area contributed by atoms with E-state index in [1.807, 2.05) is 11.3 Å². The Morgan fingerprint density at radius 2 is 2.16 bits per heavy atom. The minimum atomic E-state index is -0.0209. The Kier molecular flexibility index (Phi) is 4.31. The highest BCUT2D eigenvalue weighted by atomic mass is 32.1. The molecule has 3 heterocycles. The normalized spacial score (nSPS) is 14.6. The van der Waals surface area contributed by atoms with Crippen LogP contribution in [0.2, 0.25) is 0 Å². The van der Waals surface area contributed by atoms with E-state index in [2.05, 4.69) is 57.3 Å². The molecule has 130 valence electrons. The molecule has 0 fully saturated rings. The van der Waals surface area contributed by atoms with Crippen molar-refractivity contribution in [2.45, 2.75) is 40.0 Å². The molecular weight excluding hydrogens is 332 g/mol. The van der Waals surface area contributed by atoms with Crippen LogP contribution in [-0.4, -0.2) is 27.1 Å². The molecule has 6 heteroatoms. The third-order valence-electron chi connectivity index (χ3n) is 4.73. The van der Waals surface area contributed by atoms with Gasteiger partial charge in [0, 0.05) is 36.1 Å². The Labute approximate surface area is 151 Å². The van der Waals surface area contributed by atoms with Gasteiger partial charge in [0.2, 0.25) is 5.91 Å². The first-order valence-corrected chi connectivity index (χ1v) is 9.41. The van der Waals surface area contributed by atoms with Crippen molar-refractivity contribution >= 4 is 27.3 Å². The number of amides is 1. The molecule has 0 radical (unpaired) electrons. The predicted molar refractivity (Wildman–Crippen MR) is 100 cm³/mol. The Balaban J connectivity index is 1.50. The SMILES string of the molecule is CC(=O)NCc1cc2n(n1)CCN(Cc1c(C)sc3ccccc13)C2. The highest BCUT2D eigenvalue weighted by Crippen LogP contribution is 2.32. The number of carbonyl (C=O) groups is 1. The summed E-state index contributed by atoms with van der Waals surface area (Å²) in [6, 6.07) is 10.8. The number of hydrogen-bond donors (Lipinski definition) is 1. The molecule has 0 spiro atoms. The molecule has 3 aromatic rings. The number of nitrogens with zero attached hydrogens (tertiary/aromatic N) is 3. The molecule has 4 rings (SSSR count). The summed E-state index contributed by atoms with van der Waals surface area (Å²) in [6.45, 7) is 8.03. The third kappa shape index (κ3) is 3.32. The van der Waals surface area contributed by atoms with Crippen LogP contribution in [0.4, 0.5) is 0 Å². The van der Waals surface area contributed by atoms with E-state index < -0.39 is 0 Å². The Morgan fingerprint density at radius 1 is 1.32 bits per heavy atom. The number of fused-ring (bicyclic) bond motifs is 2. The average molecular weight is 354 g/mol. The Hall–Kier alpha value is -2.18. The van der Waals surface area contributed by atoms with Crippen molar-refractivity contribution in [1.82, 2.24) is 20.0 Å². The molecule has 25 heavy (non-hydrogen) atoms. The van der Waals surface area contributed by atoms with E-state index in [4.69, 9.17) is 0 Å². The van der Waals surface area contributed by atoms with E-state index in [0.29, 0.717) is 6.54 Å². The molecular formula is C19H22N4OS. The minimum Gasteiger partial charge on any atom is -0.351 e. The van der Waals surface area contributed by atoms with Crippen molar-refractivity contribution in [3.63, 3.8) is 0 Å². The average Bonchev–Trinajstić information content (AvgIpc) is 3.14. The molecule has 2 aromatic heterocycles. The lowest BCUT2D eigenvalue weighted by Gasteiger charge is -2.27. The lowest BCUT2D eigenvalue weighted by molar-refractivity contribution is -0.119. The first-order chi connectivity index (χ1) is 12.1. The van der Waals surface area contributed by atoms with E-state index in [-0.39, 0.29) is 5.91 Å². The van der Waals surface area contributed by atoms with Gasteiger partial charge in [-0.3, -0.25) is 14.4 Å². The molecule has 0 unspecified atom stereocenters. The molecule has 1 amide bonds. The van der Waals surface area contributed by atoms with Gasteiger partial charge in [-0.1, -0.05) is 18.2 Å². The summed E-state index contributed by atoms with van der Waals surface area (Å²) in [7, 11) is 0. The molecule has 5 nitrogen and oxygen atoms in total. The zero-order chi connectivity index (χ0) is 17.4. The maximum atomic E-state index is 11.1. The summed E-state index contributed by atoms with van der Waals surface area (Å²) in [5.74, 6) is -0.0209. The summed E-state index contributed by atoms with van der Waals surface area (Å²) >= 11 is 1.88. The summed E-state index contributed by atoms with van der Waals surface area (Å²) in [4.78, 5) is 15.0. The van der Waals surface area contributed by atoms with Crippen molar-refractivity contribution in [2.24, 2.45) is 0 Å². The molecule has 0 saturated heterocycles. The molecule has 0 bridgehead atoms. The zero-order valence-electron chi connectivity index (χ0n) is 14.6. The Morgan fingerprint density at radius 3 is 3.00 bits per heavy atom. The van der Waals surface area contributed by atoms with Gasteiger partial charge in [0.05, 0.1) is 24.5 Å². The van der Waals surface area contributed by atoms with E-state index >= 15 is 0 Å². The van der Waals surface area contributed by atoms with Gasteiger partial charge in [-0.15, -0.1) is 11.3 Å². The van der Waals surface area contributed by atoms with Gasteiger partial charge in [-0.2, -0.15) is 5.10 Å². The van der Waals surface area contributed by atoms with Gasteiger partial charge in [-0.25, -0.2) is 0 Å². The maximum Gasteiger partial charge on any atom is 0.217 e. The zero-order valence-corrected chi connectivity index (χ0v) is 15.4. The highest BCUT2D eigenvalue weighted by molar-refractivity contribution is 7.19. The van der Waals surface area contributed by atoms with Crippen LogP contribution in [0.15, 0.2) is 30.3 Å². The smallest absolute Gasteiger partial charge is 0.217 e. The maximum absolute atomic E-state index is 11.1. The molecule has 1 N–H and O–H groups in total. The first-order valence-electron chi connectivity index (χ1n) is 8.59. The number of aryl methyl sites for hydroxylation is 1. The van der Waals surface area contributed by atoms with Crippen molar-refractivity contribution in [1.29, 1.82) is 0 Å². The second kappa shape index (κ2) is 6.61. The standard InChI is InChI=1S/C19H22N4OS/c1-13-18(17-5-3-4-6-19(17)25-13)12-22-7-8-23-16(11-22)9-15(21-23)10-20-14(2)24/h3-6,9H,7-8,10-12H2,1-2H3,(H,20,24). The molecule has 1 aliphatic heterocycles. The first kappa shape index (κ1) is 16.3. The van der Waals surface area contributed by atoms with E-state index in [0.717, 1.165) is 31.9 Å². The summed E-state index contributed by atoms with van der Waals surface area (Å²) in [5.41, 5.74) is 3.61. The number of aromatic nitrogens is 2. The molecule has 1 aromatic carbocycles. The quantitative estimate of drug-likeness (QED) is 0.783. The van der Waals surface area contributed by atoms with Crippen LogP contribution in [0.1, 0.15) is 28.8 Å². The van der Waals surface area contributed by atoms with Crippen LogP contribution >= 0.6 is 11.3 Å². The second-order valence-electron chi connectivity index (χ2n) is 6.60. The number of thiophene rings is 1. The van der Waals surface area contributed by atoms with Crippen LogP contribution in [0.25, 0.3) is 10.1 Å². The largest absolute Gasteiger partial charge is 0.351 e. The molecule has 0 atom stereocenters. The Bertz CT molecular complexity index is 927. The lowest BCUT2D eigenvalue weighted by Crippen LogP contribution is -2.33. The minimum absolute atomic E-state index is 0.0209. The second-order valence-corrected chi connectivity index (χ2v) is 7.86. The van der Waals surface area contributed by atoms with Gasteiger partial charge in [0.25, 0.3) is 0 Å². The van der Waals surface area contributed by atoms with Gasteiger partial charge in [-0.05, 0) is 30.0 Å². The van der Waals surface area contributed by atoms with Crippen molar-refractivity contribution in [3.8, 4) is 0 Å². The molecule has 1 aliphatic rings. The van der Waals surface area contributed by atoms with Crippen LogP contribution < -0.4 is 5.32 Å². The van der Waals surface area contributed by atoms with E-state index in [9.17, 15) is 4.79 Å². The molecule has 0 aliphatic carbocycles. The number of carbonyl (C=O) groups excluding carboxylic acids is 1. The third-order valence-corrected chi connectivity index (χ3v) is 5.86. The predicted octanol–water partition coefficient (Wildman–Crippen LogP) is 3.06. The van der Waals surface area contributed by atoms with Crippen LogP contribution in [0, 0.1) is 6.92 Å². The summed E-state index contributed by atoms with van der Waals surface area (Å²) in [5, 5.41) is 8.80. The summed E-state index contributed by atoms with van der Waals surface area (Å²) < 4.78 is 3.45. The van der Waals surface area contributed by atoms with Crippen molar-refractivity contribution in [2.75, 3.05) is 6.54 Å². The van der Waals surface area contributed by atoms with E-state index in [1.54, 1.807) is 0 Å². The molecule has 0 saturated carbocycles. The fourth-order valence-corrected chi connectivity index (χ4v) is 4.53. The fraction of sp³-hybridized carbons (Fsp3) is 0.368. The van der Waals surface area contributed by atoms with Gasteiger partial charge >= 0.3 is 0 Å². The monoisotopic (exact) mass is 354 g/mol. The van der Waals surface area contributed by atoms with Crippen LogP contribution in [0.3, 0.4) is 0 Å². The number of rotatable bonds is 4. The van der Waals surface area contributed by atoms with Crippen molar-refractivity contribution in [3.05, 3.63) is 52.2 Å². The van der Waals surface area contributed by atoms with Gasteiger partial charge in [0.1, 0.15) is 0 Å². The van der Waals surface area contributed by atoms with Gasteiger partial charge in [0.15, 0.2) is 0 Å². The number of benzene rings is 1. The van der Waals surface area contributed by atoms with Crippen molar-refractivity contribution < 1.29 is 4.79 Å². The van der Waals surface area contributed by atoms with Crippen LogP contribution in [0.5, 0.6) is 0 Å². The number of hydrogen-bond acceptors (Lipinski definition) is 4. The van der Waals surface area contributed by atoms with Gasteiger partial charge < -0.3 is 5.32 Å². The fourth-order valence-electron chi connectivity index (χ4n) is 3.46. The van der Waals surface area contributed by atoms with E-state index in [1.165, 1.54) is 33.1 Å².